The molecule has 3 aromatic rings. The first-order chi connectivity index (χ1) is 15.0. The number of hydrogen-bond donors (Lipinski definition) is 0. The molecule has 1 amide bonds. The number of nitrogens with zero attached hydrogens (tertiary/aromatic N) is 8. The molecule has 12 heteroatoms. The smallest absolute Gasteiger partial charge is 0.294 e. The van der Waals surface area contributed by atoms with E-state index >= 15 is 0 Å². The molecule has 0 saturated carbocycles. The van der Waals surface area contributed by atoms with E-state index < -0.39 is 16.4 Å². The summed E-state index contributed by atoms with van der Waals surface area (Å²) >= 11 is 0. The highest BCUT2D eigenvalue weighted by molar-refractivity contribution is 5.78. The van der Waals surface area contributed by atoms with Gasteiger partial charge in [-0.2, -0.15) is 15.6 Å². The van der Waals surface area contributed by atoms with Crippen LogP contribution in [0.3, 0.4) is 0 Å². The van der Waals surface area contributed by atoms with Crippen molar-refractivity contribution in [1.29, 1.82) is 10.5 Å². The second-order valence-electron chi connectivity index (χ2n) is 6.41. The minimum Gasteiger partial charge on any atom is -0.339 e. The summed E-state index contributed by atoms with van der Waals surface area (Å²) < 4.78 is 2.30. The lowest BCUT2D eigenvalue weighted by Crippen LogP contribution is -2.37. The van der Waals surface area contributed by atoms with Crippen molar-refractivity contribution in [2.75, 3.05) is 13.1 Å². The van der Waals surface area contributed by atoms with Crippen LogP contribution in [-0.4, -0.2) is 48.2 Å². The maximum Gasteiger partial charge on any atom is 0.294 e. The normalized spacial score (nSPS) is 10.4. The van der Waals surface area contributed by atoms with Crippen molar-refractivity contribution < 1.29 is 9.72 Å². The number of fused-ring (bicyclic) bond motifs is 1. The van der Waals surface area contributed by atoms with Gasteiger partial charge in [0.05, 0.1) is 36.1 Å². The number of nitro benzene ring substituents is 1. The van der Waals surface area contributed by atoms with Crippen LogP contribution in [0, 0.1) is 32.8 Å². The van der Waals surface area contributed by atoms with E-state index in [9.17, 15) is 19.7 Å². The van der Waals surface area contributed by atoms with E-state index in [2.05, 4.69) is 10.1 Å². The van der Waals surface area contributed by atoms with Gasteiger partial charge in [0.2, 0.25) is 5.91 Å². The summed E-state index contributed by atoms with van der Waals surface area (Å²) in [5.74, 6) is -0.431. The maximum absolute atomic E-state index is 12.8. The van der Waals surface area contributed by atoms with Crippen molar-refractivity contribution in [2.45, 2.75) is 19.4 Å². The highest BCUT2D eigenvalue weighted by Gasteiger charge is 2.20. The van der Waals surface area contributed by atoms with E-state index in [0.717, 1.165) is 4.57 Å². The van der Waals surface area contributed by atoms with Gasteiger partial charge in [0.25, 0.3) is 11.2 Å². The van der Waals surface area contributed by atoms with Crippen LogP contribution in [0.15, 0.2) is 41.6 Å². The first kappa shape index (κ1) is 21.1. The molecule has 1 aromatic carbocycles. The lowest BCUT2D eigenvalue weighted by molar-refractivity contribution is -0.384. The van der Waals surface area contributed by atoms with Gasteiger partial charge in [-0.1, -0.05) is 12.1 Å². The third-order valence-electron chi connectivity index (χ3n) is 4.51. The van der Waals surface area contributed by atoms with Gasteiger partial charge in [0.1, 0.15) is 23.9 Å². The molecule has 3 rings (SSSR count). The zero-order valence-electron chi connectivity index (χ0n) is 16.2. The third-order valence-corrected chi connectivity index (χ3v) is 4.51. The molecule has 0 unspecified atom stereocenters. The molecule has 31 heavy (non-hydrogen) atoms. The Labute approximate surface area is 175 Å². The van der Waals surface area contributed by atoms with E-state index in [-0.39, 0.29) is 54.9 Å². The predicted octanol–water partition coefficient (Wildman–Crippen LogP) is 1.15. The van der Waals surface area contributed by atoms with Gasteiger partial charge in [-0.25, -0.2) is 9.67 Å². The van der Waals surface area contributed by atoms with Crippen LogP contribution in [0.4, 0.5) is 5.69 Å². The minimum absolute atomic E-state index is 0.0917. The fourth-order valence-corrected chi connectivity index (χ4v) is 3.01. The predicted molar refractivity (Wildman–Crippen MR) is 107 cm³/mol. The zero-order valence-corrected chi connectivity index (χ0v) is 16.2. The monoisotopic (exact) mass is 420 g/mol. The molecule has 12 nitrogen and oxygen atoms in total. The summed E-state index contributed by atoms with van der Waals surface area (Å²) in [4.78, 5) is 41.7. The number of amides is 1. The molecule has 156 valence electrons. The topological polar surface area (TPSA) is 164 Å². The maximum atomic E-state index is 12.8. The van der Waals surface area contributed by atoms with Gasteiger partial charge in [-0.15, -0.1) is 0 Å². The van der Waals surface area contributed by atoms with Crippen molar-refractivity contribution in [2.24, 2.45) is 0 Å². The van der Waals surface area contributed by atoms with E-state index in [4.69, 9.17) is 10.5 Å². The Morgan fingerprint density at radius 3 is 2.52 bits per heavy atom. The summed E-state index contributed by atoms with van der Waals surface area (Å²) in [7, 11) is 0. The van der Waals surface area contributed by atoms with Crippen molar-refractivity contribution in [3.05, 3.63) is 57.3 Å². The second kappa shape index (κ2) is 9.28. The summed E-state index contributed by atoms with van der Waals surface area (Å²) in [6.45, 7) is -0.0244. The zero-order chi connectivity index (χ0) is 22.4. The molecule has 2 aromatic heterocycles. The Balaban J connectivity index is 1.94. The largest absolute Gasteiger partial charge is 0.339 e. The number of nitro groups is 1. The first-order valence-corrected chi connectivity index (χ1v) is 9.16. The number of rotatable bonds is 8. The van der Waals surface area contributed by atoms with Crippen LogP contribution in [0.25, 0.3) is 16.7 Å². The van der Waals surface area contributed by atoms with Gasteiger partial charge in [0, 0.05) is 19.2 Å². The van der Waals surface area contributed by atoms with Crippen LogP contribution in [-0.2, 0) is 11.3 Å². The van der Waals surface area contributed by atoms with Crippen molar-refractivity contribution in [3.8, 4) is 17.8 Å². The number of para-hydroxylation sites is 2. The van der Waals surface area contributed by atoms with Gasteiger partial charge < -0.3 is 4.90 Å². The summed E-state index contributed by atoms with van der Waals surface area (Å²) in [5, 5.41) is 33.0. The van der Waals surface area contributed by atoms with Crippen LogP contribution < -0.4 is 5.56 Å². The minimum atomic E-state index is -0.556. The Morgan fingerprint density at radius 2 is 1.87 bits per heavy atom. The fourth-order valence-electron chi connectivity index (χ4n) is 3.01. The average molecular weight is 420 g/mol. The van der Waals surface area contributed by atoms with Crippen molar-refractivity contribution in [1.82, 2.24) is 24.2 Å². The number of carbonyl (C=O) groups excluding carboxylic acids is 1. The van der Waals surface area contributed by atoms with Crippen LogP contribution in [0.1, 0.15) is 12.8 Å². The van der Waals surface area contributed by atoms with Crippen molar-refractivity contribution >= 4 is 22.6 Å². The number of hydrogen-bond acceptors (Lipinski definition) is 8. The van der Waals surface area contributed by atoms with Crippen molar-refractivity contribution in [3.63, 3.8) is 0 Å². The fraction of sp³-hybridized carbons (Fsp3) is 0.263. The summed E-state index contributed by atoms with van der Waals surface area (Å²) in [6.07, 6.45) is 2.62. The Hall–Kier alpha value is -4.58. The molecular formula is C19H16N8O4. The molecule has 0 bridgehead atoms. The molecule has 0 aliphatic carbocycles. The molecular weight excluding hydrogens is 404 g/mol. The van der Waals surface area contributed by atoms with Gasteiger partial charge >= 0.3 is 0 Å². The summed E-state index contributed by atoms with van der Waals surface area (Å²) in [5.41, 5.74) is -0.459. The molecule has 2 heterocycles. The van der Waals surface area contributed by atoms with Crippen LogP contribution in [0.5, 0.6) is 0 Å². The molecule has 0 radical (unpaired) electrons. The van der Waals surface area contributed by atoms with E-state index in [1.807, 2.05) is 12.1 Å². The van der Waals surface area contributed by atoms with E-state index in [1.165, 1.54) is 40.3 Å². The highest BCUT2D eigenvalue weighted by atomic mass is 16.6. The lowest BCUT2D eigenvalue weighted by atomic mass is 10.2. The Bertz CT molecular complexity index is 1260. The van der Waals surface area contributed by atoms with Crippen LogP contribution >= 0.6 is 0 Å². The molecule has 0 saturated heterocycles. The molecule has 0 aliphatic heterocycles. The molecule has 0 aliphatic rings. The van der Waals surface area contributed by atoms with E-state index in [0.29, 0.717) is 0 Å². The van der Waals surface area contributed by atoms with Gasteiger partial charge in [-0.3, -0.25) is 24.3 Å². The Morgan fingerprint density at radius 1 is 1.19 bits per heavy atom. The number of nitriles is 2. The number of carbonyl (C=O) groups is 1. The number of aromatic nitrogens is 4. The number of benzene rings is 1. The van der Waals surface area contributed by atoms with E-state index in [1.54, 1.807) is 6.07 Å². The Kier molecular flexibility index (Phi) is 6.33. The molecule has 0 spiro atoms. The highest BCUT2D eigenvalue weighted by Crippen LogP contribution is 2.23. The average Bonchev–Trinajstić information content (AvgIpc) is 3.20. The molecule has 0 fully saturated rings. The molecule has 0 atom stereocenters. The molecule has 0 N–H and O–H groups in total. The first-order valence-electron chi connectivity index (χ1n) is 9.16. The lowest BCUT2D eigenvalue weighted by Gasteiger charge is -2.20. The standard InChI is InChI=1S/C19H16N8O4/c20-7-3-9-24(10-4-8-21)17(28)12-25-13-22-18-14(19(25)29)11-23-26(18)15-5-1-2-6-16(15)27(30)31/h1-2,5-6,11,13H,3-4,9-10,12H2. The van der Waals surface area contributed by atoms with Crippen LogP contribution in [0.2, 0.25) is 0 Å². The second-order valence-corrected chi connectivity index (χ2v) is 6.41. The summed E-state index contributed by atoms with van der Waals surface area (Å²) in [6, 6.07) is 9.82. The quantitative estimate of drug-likeness (QED) is 0.387. The van der Waals surface area contributed by atoms with Gasteiger partial charge in [0.15, 0.2) is 5.65 Å². The SMILES string of the molecule is N#CCCN(CCC#N)C(=O)Cn1cnc2c(cnn2-c2ccccc2[N+](=O)[O-])c1=O. The van der Waals surface area contributed by atoms with Gasteiger partial charge in [-0.05, 0) is 6.07 Å². The third kappa shape index (κ3) is 4.38.